The van der Waals surface area contributed by atoms with Gasteiger partial charge in [-0.2, -0.15) is 0 Å². The number of fused-ring (bicyclic) bond motifs is 1. The van der Waals surface area contributed by atoms with Crippen LogP contribution in [-0.4, -0.2) is 82.8 Å². The van der Waals surface area contributed by atoms with Crippen LogP contribution in [0.1, 0.15) is 59.3 Å². The molecular formula is C24H38N2O6. The molecule has 32 heavy (non-hydrogen) atoms. The van der Waals surface area contributed by atoms with Crippen LogP contribution >= 0.6 is 0 Å². The molecule has 3 saturated heterocycles. The molecule has 3 aliphatic rings. The summed E-state index contributed by atoms with van der Waals surface area (Å²) >= 11 is 0. The number of aliphatic hydroxyl groups is 1. The Morgan fingerprint density at radius 1 is 1.31 bits per heavy atom. The maximum Gasteiger partial charge on any atom is 0.312 e. The molecule has 3 aliphatic heterocycles. The second-order valence-corrected chi connectivity index (χ2v) is 9.12. The Morgan fingerprint density at radius 2 is 2.06 bits per heavy atom. The first kappa shape index (κ1) is 24.7. The Labute approximate surface area is 190 Å². The summed E-state index contributed by atoms with van der Waals surface area (Å²) in [7, 11) is 0. The summed E-state index contributed by atoms with van der Waals surface area (Å²) in [6.07, 6.45) is 5.58. The van der Waals surface area contributed by atoms with Gasteiger partial charge in [0.25, 0.3) is 0 Å². The van der Waals surface area contributed by atoms with Crippen LogP contribution in [-0.2, 0) is 23.9 Å². The van der Waals surface area contributed by atoms with Crippen molar-refractivity contribution in [3.8, 4) is 0 Å². The van der Waals surface area contributed by atoms with Gasteiger partial charge in [-0.1, -0.05) is 26.3 Å². The van der Waals surface area contributed by atoms with Crippen LogP contribution in [0.25, 0.3) is 0 Å². The topological polar surface area (TPSA) is 96.4 Å². The van der Waals surface area contributed by atoms with E-state index in [1.807, 2.05) is 6.92 Å². The van der Waals surface area contributed by atoms with Crippen LogP contribution in [0.15, 0.2) is 12.7 Å². The predicted molar refractivity (Wildman–Crippen MR) is 119 cm³/mol. The van der Waals surface area contributed by atoms with E-state index in [2.05, 4.69) is 13.5 Å². The Balaban J connectivity index is 2.05. The zero-order chi connectivity index (χ0) is 23.5. The lowest BCUT2D eigenvalue weighted by atomic mass is 9.65. The molecule has 0 aromatic carbocycles. The molecule has 0 aromatic heterocycles. The van der Waals surface area contributed by atoms with Gasteiger partial charge in [-0.25, -0.2) is 0 Å². The van der Waals surface area contributed by atoms with Gasteiger partial charge >= 0.3 is 5.97 Å². The van der Waals surface area contributed by atoms with Crippen LogP contribution in [0.5, 0.6) is 0 Å². The van der Waals surface area contributed by atoms with Crippen molar-refractivity contribution in [1.29, 1.82) is 0 Å². The third-order valence-electron chi connectivity index (χ3n) is 7.46. The quantitative estimate of drug-likeness (QED) is 0.360. The van der Waals surface area contributed by atoms with E-state index in [9.17, 15) is 19.5 Å². The van der Waals surface area contributed by atoms with Crippen LogP contribution in [0, 0.1) is 11.8 Å². The Kier molecular flexibility index (Phi) is 7.65. The molecule has 5 atom stereocenters. The van der Waals surface area contributed by atoms with Crippen LogP contribution < -0.4 is 0 Å². The van der Waals surface area contributed by atoms with Crippen molar-refractivity contribution in [3.05, 3.63) is 12.7 Å². The molecule has 2 amide bonds. The molecule has 8 heteroatoms. The Hall–Kier alpha value is -1.93. The van der Waals surface area contributed by atoms with Crippen molar-refractivity contribution in [1.82, 2.24) is 9.80 Å². The SMILES string of the molecule is C=CCN(CCCC)C(=O)C1N(CCCO)C(=O)[C@@H]2[C@H](C(=O)OCC)[C@]3(CC)CCC12O3. The number of amides is 2. The maximum absolute atomic E-state index is 13.9. The molecule has 3 heterocycles. The van der Waals surface area contributed by atoms with Gasteiger partial charge in [0.15, 0.2) is 0 Å². The summed E-state index contributed by atoms with van der Waals surface area (Å²) < 4.78 is 12.0. The fourth-order valence-corrected chi connectivity index (χ4v) is 6.04. The number of hydrogen-bond acceptors (Lipinski definition) is 6. The predicted octanol–water partition coefficient (Wildman–Crippen LogP) is 1.90. The standard InChI is InChI=1S/C24H38N2O6/c1-5-9-14-25(13-6-2)21(29)19-24-12-11-23(7-3,32-24)18(22(30)31-8-4)17(24)20(28)26(19)15-10-16-27/h6,17-19,27H,2,5,7-16H2,1,3-4H3/t17-,18+,19?,23-,24?/m0/s1. The molecule has 3 fully saturated rings. The van der Waals surface area contributed by atoms with Crippen molar-refractivity contribution in [3.63, 3.8) is 0 Å². The van der Waals surface area contributed by atoms with E-state index in [4.69, 9.17) is 9.47 Å². The molecule has 0 aliphatic carbocycles. The fraction of sp³-hybridized carbons (Fsp3) is 0.792. The second kappa shape index (κ2) is 9.91. The van der Waals surface area contributed by atoms with Gasteiger partial charge in [-0.3, -0.25) is 14.4 Å². The average Bonchev–Trinajstić information content (AvgIpc) is 3.38. The van der Waals surface area contributed by atoms with Crippen molar-refractivity contribution in [2.45, 2.75) is 76.5 Å². The van der Waals surface area contributed by atoms with Crippen LogP contribution in [0.3, 0.4) is 0 Å². The first-order valence-corrected chi connectivity index (χ1v) is 12.0. The van der Waals surface area contributed by atoms with Crippen LogP contribution in [0.4, 0.5) is 0 Å². The molecular weight excluding hydrogens is 412 g/mol. The first-order chi connectivity index (χ1) is 15.4. The third-order valence-corrected chi connectivity index (χ3v) is 7.46. The molecule has 180 valence electrons. The van der Waals surface area contributed by atoms with E-state index in [-0.39, 0.29) is 31.6 Å². The lowest BCUT2D eigenvalue weighted by molar-refractivity contribution is -0.161. The molecule has 1 spiro atoms. The average molecular weight is 451 g/mol. The summed E-state index contributed by atoms with van der Waals surface area (Å²) in [5.74, 6) is -2.27. The molecule has 0 radical (unpaired) electrons. The monoisotopic (exact) mass is 450 g/mol. The Bertz CT molecular complexity index is 742. The van der Waals surface area contributed by atoms with Gasteiger partial charge in [-0.15, -0.1) is 6.58 Å². The zero-order valence-corrected chi connectivity index (χ0v) is 19.7. The summed E-state index contributed by atoms with van der Waals surface area (Å²) in [5.41, 5.74) is -1.82. The molecule has 0 aromatic rings. The minimum absolute atomic E-state index is 0.0877. The Morgan fingerprint density at radius 3 is 2.66 bits per heavy atom. The zero-order valence-electron chi connectivity index (χ0n) is 19.7. The number of unbranched alkanes of at least 4 members (excludes halogenated alkanes) is 1. The van der Waals surface area contributed by atoms with E-state index in [1.165, 1.54) is 0 Å². The number of esters is 1. The van der Waals surface area contributed by atoms with Gasteiger partial charge in [0.1, 0.15) is 17.6 Å². The minimum atomic E-state index is -1.04. The number of rotatable bonds is 12. The lowest BCUT2D eigenvalue weighted by Gasteiger charge is -2.37. The maximum atomic E-state index is 13.9. The van der Waals surface area contributed by atoms with E-state index in [1.54, 1.807) is 22.8 Å². The molecule has 2 unspecified atom stereocenters. The van der Waals surface area contributed by atoms with Crippen molar-refractivity contribution in [2.75, 3.05) is 32.8 Å². The first-order valence-electron chi connectivity index (χ1n) is 12.0. The summed E-state index contributed by atoms with van der Waals surface area (Å²) in [4.78, 5) is 44.0. The van der Waals surface area contributed by atoms with Gasteiger partial charge in [0.05, 0.1) is 18.1 Å². The van der Waals surface area contributed by atoms with Crippen molar-refractivity contribution >= 4 is 17.8 Å². The minimum Gasteiger partial charge on any atom is -0.466 e. The number of aliphatic hydroxyl groups excluding tert-OH is 1. The number of carbonyl (C=O) groups excluding carboxylic acids is 3. The van der Waals surface area contributed by atoms with Crippen molar-refractivity contribution < 1.29 is 29.0 Å². The van der Waals surface area contributed by atoms with Gasteiger partial charge in [0.2, 0.25) is 11.8 Å². The van der Waals surface area contributed by atoms with E-state index in [0.717, 1.165) is 12.8 Å². The van der Waals surface area contributed by atoms with Gasteiger partial charge in [0, 0.05) is 26.2 Å². The molecule has 8 nitrogen and oxygen atoms in total. The van der Waals surface area contributed by atoms with E-state index >= 15 is 0 Å². The molecule has 1 N–H and O–H groups in total. The second-order valence-electron chi connectivity index (χ2n) is 9.12. The van der Waals surface area contributed by atoms with Gasteiger partial charge < -0.3 is 24.4 Å². The molecule has 0 saturated carbocycles. The fourth-order valence-electron chi connectivity index (χ4n) is 6.04. The normalized spacial score (nSPS) is 32.8. The number of ether oxygens (including phenoxy) is 2. The molecule has 3 rings (SSSR count). The number of likely N-dealkylation sites (tertiary alicyclic amines) is 1. The highest BCUT2D eigenvalue weighted by molar-refractivity contribution is 5.98. The number of carbonyl (C=O) groups is 3. The van der Waals surface area contributed by atoms with Crippen molar-refractivity contribution in [2.24, 2.45) is 11.8 Å². The summed E-state index contributed by atoms with van der Waals surface area (Å²) in [5, 5.41) is 9.42. The highest BCUT2D eigenvalue weighted by Gasteiger charge is 2.79. The lowest BCUT2D eigenvalue weighted by Crippen LogP contribution is -2.56. The van der Waals surface area contributed by atoms with E-state index in [0.29, 0.717) is 38.8 Å². The van der Waals surface area contributed by atoms with E-state index < -0.39 is 35.0 Å². The number of hydrogen-bond donors (Lipinski definition) is 1. The molecule has 2 bridgehead atoms. The summed E-state index contributed by atoms with van der Waals surface area (Å²) in [6, 6.07) is -0.809. The van der Waals surface area contributed by atoms with Gasteiger partial charge in [-0.05, 0) is 39.0 Å². The smallest absolute Gasteiger partial charge is 0.312 e. The highest BCUT2D eigenvalue weighted by atomic mass is 16.6. The number of nitrogens with zero attached hydrogens (tertiary/aromatic N) is 2. The summed E-state index contributed by atoms with van der Waals surface area (Å²) in [6.45, 7) is 10.9. The largest absolute Gasteiger partial charge is 0.466 e. The highest BCUT2D eigenvalue weighted by Crippen LogP contribution is 2.64. The third kappa shape index (κ3) is 3.75. The van der Waals surface area contributed by atoms with Crippen LogP contribution in [0.2, 0.25) is 0 Å².